The molecule has 4 aromatic rings. The number of hydrogen-bond donors (Lipinski definition) is 1. The highest BCUT2D eigenvalue weighted by Gasteiger charge is 2.31. The van der Waals surface area contributed by atoms with E-state index in [4.69, 9.17) is 0 Å². The predicted octanol–water partition coefficient (Wildman–Crippen LogP) is 3.12. The van der Waals surface area contributed by atoms with Crippen molar-refractivity contribution in [1.29, 1.82) is 0 Å². The number of benzene rings is 2. The van der Waals surface area contributed by atoms with Gasteiger partial charge in [-0.15, -0.1) is 0 Å². The van der Waals surface area contributed by atoms with Gasteiger partial charge in [-0.3, -0.25) is 14.5 Å². The molecule has 1 aliphatic rings. The Balaban J connectivity index is 1.76. The van der Waals surface area contributed by atoms with Gasteiger partial charge in [0.05, 0.1) is 6.04 Å². The summed E-state index contributed by atoms with van der Waals surface area (Å²) < 4.78 is 3.77. The van der Waals surface area contributed by atoms with Gasteiger partial charge in [-0.25, -0.2) is 4.98 Å². The molecule has 0 radical (unpaired) electrons. The van der Waals surface area contributed by atoms with Gasteiger partial charge in [0.2, 0.25) is 5.43 Å². The van der Waals surface area contributed by atoms with Crippen LogP contribution in [0.2, 0.25) is 0 Å². The minimum Gasteiger partial charge on any atom is -0.503 e. The summed E-state index contributed by atoms with van der Waals surface area (Å²) in [5, 5.41) is 12.7. The maximum atomic E-state index is 12.1. The molecule has 0 fully saturated rings. The van der Waals surface area contributed by atoms with Gasteiger partial charge in [0.15, 0.2) is 17.3 Å². The van der Waals surface area contributed by atoms with Crippen molar-refractivity contribution in [3.8, 4) is 17.3 Å². The Kier molecular flexibility index (Phi) is 3.76. The number of imidazole rings is 1. The molecule has 5 rings (SSSR count). The Bertz CT molecular complexity index is 1140. The fraction of sp³-hybridized carbons (Fsp3) is 0.0909. The van der Waals surface area contributed by atoms with Gasteiger partial charge in [-0.2, -0.15) is 0 Å². The molecule has 6 heteroatoms. The van der Waals surface area contributed by atoms with Crippen LogP contribution >= 0.6 is 0 Å². The van der Waals surface area contributed by atoms with Crippen molar-refractivity contribution in [3.63, 3.8) is 0 Å². The molecular formula is C22H18N4O2. The highest BCUT2D eigenvalue weighted by molar-refractivity contribution is 5.61. The number of pyridine rings is 1. The Labute approximate surface area is 161 Å². The zero-order valence-electron chi connectivity index (χ0n) is 15.0. The third-order valence-electron chi connectivity index (χ3n) is 5.08. The van der Waals surface area contributed by atoms with E-state index in [1.807, 2.05) is 51.8 Å². The highest BCUT2D eigenvalue weighted by Crippen LogP contribution is 2.35. The van der Waals surface area contributed by atoms with Crippen LogP contribution < -0.4 is 10.4 Å². The van der Waals surface area contributed by atoms with E-state index in [9.17, 15) is 9.90 Å². The van der Waals surface area contributed by atoms with E-state index < -0.39 is 5.43 Å². The van der Waals surface area contributed by atoms with Crippen LogP contribution in [0.3, 0.4) is 0 Å². The summed E-state index contributed by atoms with van der Waals surface area (Å²) in [5.74, 6) is 0.283. The molecule has 0 atom stereocenters. The fourth-order valence-corrected chi connectivity index (χ4v) is 3.82. The summed E-state index contributed by atoms with van der Waals surface area (Å²) in [4.78, 5) is 16.5. The molecule has 1 aliphatic heterocycles. The first-order valence-corrected chi connectivity index (χ1v) is 9.07. The van der Waals surface area contributed by atoms with E-state index >= 15 is 0 Å². The molecule has 0 saturated heterocycles. The van der Waals surface area contributed by atoms with E-state index in [1.165, 1.54) is 6.07 Å². The lowest BCUT2D eigenvalue weighted by molar-refractivity contribution is 0.415. The lowest BCUT2D eigenvalue weighted by Crippen LogP contribution is -2.44. The van der Waals surface area contributed by atoms with Crippen LogP contribution in [0.5, 0.6) is 5.75 Å². The molecule has 1 N–H and O–H groups in total. The normalized spacial score (nSPS) is 12.7. The van der Waals surface area contributed by atoms with Crippen LogP contribution in [-0.4, -0.2) is 19.3 Å². The summed E-state index contributed by atoms with van der Waals surface area (Å²) in [6, 6.07) is 21.7. The van der Waals surface area contributed by atoms with Gasteiger partial charge < -0.3 is 9.67 Å². The Morgan fingerprint density at radius 2 is 1.54 bits per heavy atom. The van der Waals surface area contributed by atoms with Gasteiger partial charge in [0.1, 0.15) is 6.67 Å². The molecule has 0 amide bonds. The van der Waals surface area contributed by atoms with Crippen LogP contribution in [0.25, 0.3) is 11.5 Å². The standard InChI is InChI=1S/C22H18N4O2/c27-18-11-13-25-20(21(18)28)22-23-12-14-24(22)15-26(25)19(16-7-3-1-4-8-16)17-9-5-2-6-10-17/h1-14,19,28H,15H2. The van der Waals surface area contributed by atoms with E-state index in [1.54, 1.807) is 12.4 Å². The first kappa shape index (κ1) is 16.4. The number of aromatic hydroxyl groups is 1. The van der Waals surface area contributed by atoms with Gasteiger partial charge in [-0.1, -0.05) is 60.7 Å². The third kappa shape index (κ3) is 2.50. The first-order chi connectivity index (χ1) is 13.7. The maximum absolute atomic E-state index is 12.1. The molecule has 2 aromatic carbocycles. The van der Waals surface area contributed by atoms with Crippen molar-refractivity contribution >= 4 is 0 Å². The fourth-order valence-electron chi connectivity index (χ4n) is 3.82. The van der Waals surface area contributed by atoms with Gasteiger partial charge >= 0.3 is 0 Å². The van der Waals surface area contributed by atoms with Crippen LogP contribution in [-0.2, 0) is 6.67 Å². The molecule has 3 heterocycles. The largest absolute Gasteiger partial charge is 0.503 e. The average molecular weight is 370 g/mol. The minimum absolute atomic E-state index is 0.112. The molecule has 0 saturated carbocycles. The molecule has 0 bridgehead atoms. The first-order valence-electron chi connectivity index (χ1n) is 9.07. The van der Waals surface area contributed by atoms with E-state index in [-0.39, 0.29) is 11.8 Å². The van der Waals surface area contributed by atoms with Crippen molar-refractivity contribution in [3.05, 3.63) is 107 Å². The van der Waals surface area contributed by atoms with Crippen molar-refractivity contribution in [1.82, 2.24) is 14.2 Å². The number of rotatable bonds is 3. The van der Waals surface area contributed by atoms with Crippen molar-refractivity contribution in [2.45, 2.75) is 12.7 Å². The molecule has 0 unspecified atom stereocenters. The molecule has 0 spiro atoms. The average Bonchev–Trinajstić information content (AvgIpc) is 3.21. The van der Waals surface area contributed by atoms with Crippen LogP contribution in [0.4, 0.5) is 0 Å². The van der Waals surface area contributed by atoms with Crippen molar-refractivity contribution in [2.75, 3.05) is 5.01 Å². The van der Waals surface area contributed by atoms with Crippen LogP contribution in [0.15, 0.2) is 90.1 Å². The van der Waals surface area contributed by atoms with Gasteiger partial charge in [0.25, 0.3) is 0 Å². The second kappa shape index (κ2) is 6.42. The highest BCUT2D eigenvalue weighted by atomic mass is 16.3. The SMILES string of the molecule is O=c1ccn2c(c1O)-c1nccn1CN2C(c1ccccc1)c1ccccc1. The zero-order chi connectivity index (χ0) is 19.1. The Morgan fingerprint density at radius 1 is 0.893 bits per heavy atom. The minimum atomic E-state index is -0.418. The van der Waals surface area contributed by atoms with Crippen LogP contribution in [0, 0.1) is 0 Å². The monoisotopic (exact) mass is 370 g/mol. The topological polar surface area (TPSA) is 63.3 Å². The molecular weight excluding hydrogens is 352 g/mol. The lowest BCUT2D eigenvalue weighted by Gasteiger charge is -2.40. The molecule has 0 aliphatic carbocycles. The Hall–Kier alpha value is -3.80. The van der Waals surface area contributed by atoms with Crippen molar-refractivity contribution < 1.29 is 5.11 Å². The van der Waals surface area contributed by atoms with E-state index in [0.29, 0.717) is 18.2 Å². The summed E-state index contributed by atoms with van der Waals surface area (Å²) in [6.07, 6.45) is 5.24. The van der Waals surface area contributed by atoms with Crippen LogP contribution in [0.1, 0.15) is 17.2 Å². The van der Waals surface area contributed by atoms with E-state index in [0.717, 1.165) is 11.1 Å². The molecule has 2 aromatic heterocycles. The van der Waals surface area contributed by atoms with Crippen molar-refractivity contribution in [2.24, 2.45) is 0 Å². The summed E-state index contributed by atoms with van der Waals surface area (Å²) in [5.41, 5.74) is 2.21. The number of fused-ring (bicyclic) bond motifs is 3. The summed E-state index contributed by atoms with van der Waals surface area (Å²) >= 11 is 0. The summed E-state index contributed by atoms with van der Waals surface area (Å²) in [7, 11) is 0. The second-order valence-corrected chi connectivity index (χ2v) is 6.75. The predicted molar refractivity (Wildman–Crippen MR) is 107 cm³/mol. The second-order valence-electron chi connectivity index (χ2n) is 6.75. The Morgan fingerprint density at radius 3 is 2.18 bits per heavy atom. The smallest absolute Gasteiger partial charge is 0.224 e. The summed E-state index contributed by atoms with van der Waals surface area (Å²) in [6.45, 7) is 0.527. The maximum Gasteiger partial charge on any atom is 0.224 e. The number of aromatic nitrogens is 3. The van der Waals surface area contributed by atoms with E-state index in [2.05, 4.69) is 34.3 Å². The van der Waals surface area contributed by atoms with Gasteiger partial charge in [-0.05, 0) is 11.1 Å². The van der Waals surface area contributed by atoms with Gasteiger partial charge in [0, 0.05) is 24.7 Å². The molecule has 28 heavy (non-hydrogen) atoms. The zero-order valence-corrected chi connectivity index (χ0v) is 15.0. The number of hydrogen-bond acceptors (Lipinski definition) is 4. The third-order valence-corrected chi connectivity index (χ3v) is 5.08. The number of nitrogens with zero attached hydrogens (tertiary/aromatic N) is 4. The molecule has 6 nitrogen and oxygen atoms in total. The quantitative estimate of drug-likeness (QED) is 0.602. The lowest BCUT2D eigenvalue weighted by atomic mass is 9.98. The molecule has 138 valence electrons.